The number of carboxylic acid groups (broad SMARTS) is 1. The van der Waals surface area contributed by atoms with E-state index in [1.807, 2.05) is 0 Å². The summed E-state index contributed by atoms with van der Waals surface area (Å²) in [7, 11) is 0. The fourth-order valence-corrected chi connectivity index (χ4v) is 2.11. The van der Waals surface area contributed by atoms with E-state index >= 15 is 0 Å². The van der Waals surface area contributed by atoms with Gasteiger partial charge in [-0.15, -0.1) is 0 Å². The second-order valence-electron chi connectivity index (χ2n) is 4.55. The number of carbonyl (C=O) groups excluding carboxylic acids is 2. The Hall–Kier alpha value is -1.55. The van der Waals surface area contributed by atoms with Crippen molar-refractivity contribution in [2.45, 2.75) is 18.9 Å². The van der Waals surface area contributed by atoms with Crippen LogP contribution in [0.3, 0.4) is 0 Å². The molecule has 0 unspecified atom stereocenters. The molecular weight excluding hydrogens is 271 g/mol. The van der Waals surface area contributed by atoms with E-state index < -0.39 is 12.6 Å². The third-order valence-electron chi connectivity index (χ3n) is 3.18. The molecule has 1 aromatic rings. The van der Waals surface area contributed by atoms with Gasteiger partial charge in [0.25, 0.3) is 0 Å². The number of hydrogen-bond acceptors (Lipinski definition) is 6. The monoisotopic (exact) mass is 286 g/mol. The summed E-state index contributed by atoms with van der Waals surface area (Å²) in [6.45, 7) is 0.540. The first-order valence-electron chi connectivity index (χ1n) is 6.32. The number of aliphatic hydroxyl groups is 1. The number of likely N-dealkylation sites (tertiary alicyclic amines) is 1. The first-order valence-corrected chi connectivity index (χ1v) is 6.32. The van der Waals surface area contributed by atoms with Gasteiger partial charge in [-0.3, -0.25) is 9.78 Å². The zero-order chi connectivity index (χ0) is 14.5. The van der Waals surface area contributed by atoms with Crippen molar-refractivity contribution in [2.24, 2.45) is 0 Å². The molecule has 1 aromatic heterocycles. The SMILES string of the molecule is O=C([O-])c1cncc(OC2CCN(C(=O)CO)CC2)c1.[Li+]. The van der Waals surface area contributed by atoms with Crippen molar-refractivity contribution in [1.82, 2.24) is 9.88 Å². The van der Waals surface area contributed by atoms with Gasteiger partial charge in [-0.25, -0.2) is 0 Å². The summed E-state index contributed by atoms with van der Waals surface area (Å²) in [5.41, 5.74) is -0.0320. The Labute approximate surface area is 134 Å². The van der Waals surface area contributed by atoms with E-state index in [2.05, 4.69) is 4.98 Å². The number of nitrogens with zero attached hydrogens (tertiary/aromatic N) is 2. The van der Waals surface area contributed by atoms with Crippen molar-refractivity contribution in [3.05, 3.63) is 24.0 Å². The van der Waals surface area contributed by atoms with Gasteiger partial charge >= 0.3 is 18.9 Å². The molecule has 0 aliphatic carbocycles. The molecule has 0 spiro atoms. The molecule has 0 radical (unpaired) electrons. The van der Waals surface area contributed by atoms with Crippen LogP contribution in [0.2, 0.25) is 0 Å². The maximum absolute atomic E-state index is 11.3. The summed E-state index contributed by atoms with van der Waals surface area (Å²) in [6, 6.07) is 1.37. The molecule has 7 nitrogen and oxygen atoms in total. The van der Waals surface area contributed by atoms with Crippen LogP contribution < -0.4 is 28.7 Å². The number of pyridine rings is 1. The van der Waals surface area contributed by atoms with Gasteiger partial charge in [0.05, 0.1) is 12.2 Å². The molecule has 0 aromatic carbocycles. The summed E-state index contributed by atoms with van der Waals surface area (Å²) in [6.07, 6.45) is 3.79. The Morgan fingerprint density at radius 2 is 2.05 bits per heavy atom. The predicted octanol–water partition coefficient (Wildman–Crippen LogP) is -4.19. The minimum atomic E-state index is -1.30. The maximum atomic E-state index is 11.3. The van der Waals surface area contributed by atoms with Gasteiger partial charge in [-0.05, 0) is 6.07 Å². The van der Waals surface area contributed by atoms with E-state index in [0.29, 0.717) is 31.7 Å². The maximum Gasteiger partial charge on any atom is 1.00 e. The Bertz CT molecular complexity index is 503. The van der Waals surface area contributed by atoms with Crippen LogP contribution in [-0.4, -0.2) is 52.7 Å². The van der Waals surface area contributed by atoms with Crippen molar-refractivity contribution >= 4 is 11.9 Å². The van der Waals surface area contributed by atoms with Gasteiger partial charge in [0.1, 0.15) is 18.5 Å². The molecule has 0 bridgehead atoms. The quantitative estimate of drug-likeness (QED) is 0.563. The van der Waals surface area contributed by atoms with Crippen molar-refractivity contribution in [3.63, 3.8) is 0 Å². The van der Waals surface area contributed by atoms with Gasteiger partial charge in [0, 0.05) is 37.7 Å². The topological polar surface area (TPSA) is 103 Å². The Morgan fingerprint density at radius 1 is 1.38 bits per heavy atom. The van der Waals surface area contributed by atoms with Gasteiger partial charge in [-0.2, -0.15) is 0 Å². The minimum Gasteiger partial charge on any atom is -0.545 e. The number of rotatable bonds is 4. The zero-order valence-electron chi connectivity index (χ0n) is 11.8. The number of carbonyl (C=O) groups is 2. The van der Waals surface area contributed by atoms with E-state index in [4.69, 9.17) is 9.84 Å². The van der Waals surface area contributed by atoms with Crippen LogP contribution in [0.4, 0.5) is 0 Å². The average molecular weight is 286 g/mol. The van der Waals surface area contributed by atoms with Gasteiger partial charge in [-0.1, -0.05) is 0 Å². The number of ether oxygens (including phenoxy) is 1. The Balaban J connectivity index is 0.00000220. The number of piperidine rings is 1. The molecule has 1 amide bonds. The molecule has 21 heavy (non-hydrogen) atoms. The third kappa shape index (κ3) is 4.74. The fraction of sp³-hybridized carbons (Fsp3) is 0.462. The van der Waals surface area contributed by atoms with E-state index in [1.165, 1.54) is 18.5 Å². The second kappa shape index (κ2) is 8.03. The summed E-state index contributed by atoms with van der Waals surface area (Å²) in [5.74, 6) is -1.21. The first kappa shape index (κ1) is 17.5. The third-order valence-corrected chi connectivity index (χ3v) is 3.18. The van der Waals surface area contributed by atoms with Gasteiger partial charge < -0.3 is 24.6 Å². The molecule has 8 heteroatoms. The molecule has 2 rings (SSSR count). The molecule has 0 atom stereocenters. The molecule has 2 heterocycles. The van der Waals surface area contributed by atoms with Crippen LogP contribution in [0.1, 0.15) is 23.2 Å². The first-order chi connectivity index (χ1) is 9.60. The van der Waals surface area contributed by atoms with Crippen LogP contribution in [0.5, 0.6) is 5.75 Å². The van der Waals surface area contributed by atoms with E-state index in [1.54, 1.807) is 4.90 Å². The molecule has 1 aliphatic heterocycles. The van der Waals surface area contributed by atoms with Crippen LogP contribution in [0, 0.1) is 0 Å². The minimum absolute atomic E-state index is 0. The van der Waals surface area contributed by atoms with Crippen LogP contribution in [-0.2, 0) is 4.79 Å². The number of aromatic carboxylic acids is 1. The number of amides is 1. The standard InChI is InChI=1S/C13H16N2O5.Li/c16-8-12(17)15-3-1-10(2-4-15)20-11-5-9(13(18)19)6-14-7-11;/h5-7,10,16H,1-4,8H2,(H,18,19);/q;+1/p-1. The average Bonchev–Trinajstić information content (AvgIpc) is 2.47. The second-order valence-corrected chi connectivity index (χ2v) is 4.55. The number of aliphatic hydroxyl groups excluding tert-OH is 1. The van der Waals surface area contributed by atoms with Crippen molar-refractivity contribution in [3.8, 4) is 5.75 Å². The van der Waals surface area contributed by atoms with Crippen molar-refractivity contribution in [2.75, 3.05) is 19.7 Å². The molecule has 1 aliphatic rings. The van der Waals surface area contributed by atoms with Crippen LogP contribution in [0.15, 0.2) is 18.5 Å². The van der Waals surface area contributed by atoms with Crippen molar-refractivity contribution in [1.29, 1.82) is 0 Å². The smallest absolute Gasteiger partial charge is 0.545 e. The molecule has 1 N–H and O–H groups in total. The van der Waals surface area contributed by atoms with E-state index in [-0.39, 0.29) is 36.4 Å². The summed E-state index contributed by atoms with van der Waals surface area (Å²) in [4.78, 5) is 27.4. The van der Waals surface area contributed by atoms with Crippen LogP contribution in [0.25, 0.3) is 0 Å². The van der Waals surface area contributed by atoms with Gasteiger partial charge in [0.2, 0.25) is 5.91 Å². The Kier molecular flexibility index (Phi) is 6.69. The van der Waals surface area contributed by atoms with Crippen molar-refractivity contribution < 1.29 is 43.4 Å². The number of hydrogen-bond donors (Lipinski definition) is 1. The molecular formula is C13H15LiN2O5. The summed E-state index contributed by atoms with van der Waals surface area (Å²) >= 11 is 0. The number of carboxylic acids is 1. The normalized spacial score (nSPS) is 15.2. The molecule has 108 valence electrons. The predicted molar refractivity (Wildman–Crippen MR) is 65.9 cm³/mol. The van der Waals surface area contributed by atoms with E-state index in [0.717, 1.165) is 0 Å². The molecule has 1 saturated heterocycles. The van der Waals surface area contributed by atoms with E-state index in [9.17, 15) is 14.7 Å². The summed E-state index contributed by atoms with van der Waals surface area (Å²) in [5, 5.41) is 19.5. The molecule has 1 fully saturated rings. The Morgan fingerprint density at radius 3 is 2.62 bits per heavy atom. The van der Waals surface area contributed by atoms with Gasteiger partial charge in [0.15, 0.2) is 0 Å². The largest absolute Gasteiger partial charge is 1.00 e. The van der Waals surface area contributed by atoms with Crippen LogP contribution >= 0.6 is 0 Å². The summed E-state index contributed by atoms with van der Waals surface area (Å²) < 4.78 is 5.65. The zero-order valence-corrected chi connectivity index (χ0v) is 11.8. The number of aromatic nitrogens is 1. The fourth-order valence-electron chi connectivity index (χ4n) is 2.11. The molecule has 0 saturated carbocycles.